The summed E-state index contributed by atoms with van der Waals surface area (Å²) in [6, 6.07) is -0.502. The lowest BCUT2D eigenvalue weighted by Gasteiger charge is -2.30. The topological polar surface area (TPSA) is 92.5 Å². The van der Waals surface area contributed by atoms with Crippen molar-refractivity contribution in [2.45, 2.75) is 77.7 Å². The van der Waals surface area contributed by atoms with Crippen LogP contribution >= 0.6 is 0 Å². The van der Waals surface area contributed by atoms with E-state index in [1.54, 1.807) is 6.08 Å². The summed E-state index contributed by atoms with van der Waals surface area (Å²) < 4.78 is 0. The second kappa shape index (κ2) is 11.4. The summed E-state index contributed by atoms with van der Waals surface area (Å²) in [7, 11) is 0. The maximum Gasteiger partial charge on any atom is 0.245 e. The second-order valence-corrected chi connectivity index (χ2v) is 9.26. The van der Waals surface area contributed by atoms with Gasteiger partial charge in [-0.2, -0.15) is 0 Å². The first-order chi connectivity index (χ1) is 13.8. The van der Waals surface area contributed by atoms with Crippen molar-refractivity contribution in [2.24, 2.45) is 29.4 Å². The average Bonchev–Trinajstić information content (AvgIpc) is 3.11. The van der Waals surface area contributed by atoms with Crippen LogP contribution in [0, 0.1) is 23.7 Å². The Morgan fingerprint density at radius 3 is 2.41 bits per heavy atom. The van der Waals surface area contributed by atoms with Crippen molar-refractivity contribution < 1.29 is 14.4 Å². The Morgan fingerprint density at radius 1 is 1.17 bits per heavy atom. The van der Waals surface area contributed by atoms with Crippen molar-refractivity contribution in [1.29, 1.82) is 0 Å². The summed E-state index contributed by atoms with van der Waals surface area (Å²) in [6.07, 6.45) is 9.99. The number of nitrogens with one attached hydrogen (secondary N) is 1. The first-order valence-electron chi connectivity index (χ1n) is 11.3. The molecule has 1 aliphatic carbocycles. The van der Waals surface area contributed by atoms with Crippen LogP contribution in [0.25, 0.3) is 0 Å². The molecule has 1 saturated heterocycles. The third-order valence-electron chi connectivity index (χ3n) is 6.38. The predicted molar refractivity (Wildman–Crippen MR) is 115 cm³/mol. The molecule has 0 spiro atoms. The highest BCUT2D eigenvalue weighted by Crippen LogP contribution is 2.28. The molecular formula is C23H39N3O3. The third-order valence-corrected chi connectivity index (χ3v) is 6.38. The number of carbonyl (C=O) groups excluding carboxylic acids is 3. The molecule has 0 aromatic heterocycles. The number of nitrogens with two attached hydrogens (primary N) is 1. The van der Waals surface area contributed by atoms with Crippen molar-refractivity contribution in [3.63, 3.8) is 0 Å². The minimum Gasteiger partial charge on any atom is -0.369 e. The zero-order valence-corrected chi connectivity index (χ0v) is 18.2. The molecule has 0 aromatic rings. The summed E-state index contributed by atoms with van der Waals surface area (Å²) in [6.45, 7) is 9.32. The standard InChI is InChI=1S/C23H39N3O3/c1-4-9-18(21(24)27)19(14-16(2)3)22(28)25-20-12-7-8-13-26(23(20)29)15-17-10-5-6-11-17/h4,16-20H,1,5-15H2,2-3H3,(H2,24,27)(H,25,28)/t18-,19+,20-/m0/s1. The molecule has 29 heavy (non-hydrogen) atoms. The van der Waals surface area contributed by atoms with Gasteiger partial charge in [-0.05, 0) is 56.8 Å². The molecule has 2 fully saturated rings. The zero-order chi connectivity index (χ0) is 21.4. The van der Waals surface area contributed by atoms with Gasteiger partial charge >= 0.3 is 0 Å². The third kappa shape index (κ3) is 6.86. The Morgan fingerprint density at radius 2 is 1.83 bits per heavy atom. The molecule has 1 heterocycles. The van der Waals surface area contributed by atoms with E-state index in [-0.39, 0.29) is 17.7 Å². The van der Waals surface area contributed by atoms with Gasteiger partial charge in [0.2, 0.25) is 17.7 Å². The van der Waals surface area contributed by atoms with Crippen molar-refractivity contribution in [3.8, 4) is 0 Å². The van der Waals surface area contributed by atoms with Gasteiger partial charge in [0, 0.05) is 13.1 Å². The first-order valence-corrected chi connectivity index (χ1v) is 11.3. The van der Waals surface area contributed by atoms with Gasteiger partial charge in [-0.25, -0.2) is 0 Å². The minimum atomic E-state index is -0.592. The van der Waals surface area contributed by atoms with E-state index in [1.807, 2.05) is 18.7 Å². The molecule has 0 bridgehead atoms. The Hall–Kier alpha value is -1.85. The van der Waals surface area contributed by atoms with Crippen molar-refractivity contribution in [2.75, 3.05) is 13.1 Å². The van der Waals surface area contributed by atoms with E-state index in [0.29, 0.717) is 25.2 Å². The first kappa shape index (κ1) is 23.4. The molecule has 164 valence electrons. The molecule has 2 aliphatic rings. The van der Waals surface area contributed by atoms with E-state index in [2.05, 4.69) is 11.9 Å². The maximum absolute atomic E-state index is 13.2. The van der Waals surface area contributed by atoms with Crippen LogP contribution in [0.5, 0.6) is 0 Å². The monoisotopic (exact) mass is 405 g/mol. The summed E-state index contributed by atoms with van der Waals surface area (Å²) in [5.74, 6) is -0.984. The molecular weight excluding hydrogens is 366 g/mol. The Balaban J connectivity index is 2.09. The van der Waals surface area contributed by atoms with E-state index >= 15 is 0 Å². The Bertz CT molecular complexity index is 584. The summed E-state index contributed by atoms with van der Waals surface area (Å²) in [4.78, 5) is 40.3. The zero-order valence-electron chi connectivity index (χ0n) is 18.2. The van der Waals surface area contributed by atoms with Gasteiger partial charge in [0.15, 0.2) is 0 Å². The van der Waals surface area contributed by atoms with Crippen molar-refractivity contribution in [3.05, 3.63) is 12.7 Å². The molecule has 3 amide bonds. The summed E-state index contributed by atoms with van der Waals surface area (Å²) >= 11 is 0. The fourth-order valence-electron chi connectivity index (χ4n) is 4.82. The highest BCUT2D eigenvalue weighted by Gasteiger charge is 2.36. The Kier molecular flexibility index (Phi) is 9.18. The van der Waals surface area contributed by atoms with Gasteiger partial charge in [0.05, 0.1) is 11.8 Å². The van der Waals surface area contributed by atoms with E-state index < -0.39 is 23.8 Å². The number of nitrogens with zero attached hydrogens (tertiary/aromatic N) is 1. The highest BCUT2D eigenvalue weighted by atomic mass is 16.2. The van der Waals surface area contributed by atoms with Crippen LogP contribution in [-0.4, -0.2) is 41.8 Å². The highest BCUT2D eigenvalue weighted by molar-refractivity contribution is 5.91. The molecule has 1 aliphatic heterocycles. The van der Waals surface area contributed by atoms with Gasteiger partial charge in [-0.1, -0.05) is 32.8 Å². The fraction of sp³-hybridized carbons (Fsp3) is 0.783. The average molecular weight is 406 g/mol. The molecule has 1 saturated carbocycles. The number of hydrogen-bond acceptors (Lipinski definition) is 3. The number of rotatable bonds is 10. The Labute approximate surface area is 175 Å². The largest absolute Gasteiger partial charge is 0.369 e. The molecule has 6 nitrogen and oxygen atoms in total. The van der Waals surface area contributed by atoms with Crippen LogP contribution in [0.1, 0.15) is 71.6 Å². The van der Waals surface area contributed by atoms with Gasteiger partial charge in [0.1, 0.15) is 6.04 Å². The van der Waals surface area contributed by atoms with Crippen LogP contribution in [0.4, 0.5) is 0 Å². The molecule has 3 atom stereocenters. The van der Waals surface area contributed by atoms with Crippen LogP contribution in [0.2, 0.25) is 0 Å². The van der Waals surface area contributed by atoms with Crippen LogP contribution in [0.3, 0.4) is 0 Å². The molecule has 3 N–H and O–H groups in total. The smallest absolute Gasteiger partial charge is 0.245 e. The number of primary amides is 1. The number of hydrogen-bond donors (Lipinski definition) is 2. The SMILES string of the molecule is C=CC[C@H](C(N)=O)[C@@H](CC(C)C)C(=O)N[C@H]1CCCCN(CC2CCCC2)C1=O. The van der Waals surface area contributed by atoms with Crippen LogP contribution in [0.15, 0.2) is 12.7 Å². The lowest BCUT2D eigenvalue weighted by molar-refractivity contribution is -0.139. The maximum atomic E-state index is 13.2. The number of carbonyl (C=O) groups is 3. The quantitative estimate of drug-likeness (QED) is 0.547. The van der Waals surface area contributed by atoms with E-state index in [4.69, 9.17) is 5.73 Å². The van der Waals surface area contributed by atoms with E-state index in [0.717, 1.165) is 25.9 Å². The fourth-order valence-corrected chi connectivity index (χ4v) is 4.82. The lowest BCUT2D eigenvalue weighted by Crippen LogP contribution is -2.51. The molecule has 0 aromatic carbocycles. The van der Waals surface area contributed by atoms with Crippen LogP contribution < -0.4 is 11.1 Å². The second-order valence-electron chi connectivity index (χ2n) is 9.26. The molecule has 0 radical (unpaired) electrons. The van der Waals surface area contributed by atoms with Gasteiger partial charge in [-0.3, -0.25) is 14.4 Å². The van der Waals surface area contributed by atoms with Crippen molar-refractivity contribution >= 4 is 17.7 Å². The normalized spacial score (nSPS) is 22.9. The number of allylic oxidation sites excluding steroid dienone is 1. The molecule has 6 heteroatoms. The van der Waals surface area contributed by atoms with E-state index in [9.17, 15) is 14.4 Å². The van der Waals surface area contributed by atoms with E-state index in [1.165, 1.54) is 25.7 Å². The number of amides is 3. The summed E-state index contributed by atoms with van der Waals surface area (Å²) in [5, 5.41) is 2.99. The van der Waals surface area contributed by atoms with Crippen molar-refractivity contribution in [1.82, 2.24) is 10.2 Å². The lowest BCUT2D eigenvalue weighted by atomic mass is 9.82. The summed E-state index contributed by atoms with van der Waals surface area (Å²) in [5.41, 5.74) is 5.59. The molecule has 0 unspecified atom stereocenters. The minimum absolute atomic E-state index is 0.0328. The predicted octanol–water partition coefficient (Wildman–Crippen LogP) is 3.01. The van der Waals surface area contributed by atoms with Gasteiger partial charge in [0.25, 0.3) is 0 Å². The number of likely N-dealkylation sites (tertiary alicyclic amines) is 1. The van der Waals surface area contributed by atoms with Crippen LogP contribution in [-0.2, 0) is 14.4 Å². The molecule has 2 rings (SSSR count). The van der Waals surface area contributed by atoms with Gasteiger partial charge < -0.3 is 16.0 Å². The van der Waals surface area contributed by atoms with Gasteiger partial charge in [-0.15, -0.1) is 6.58 Å².